The van der Waals surface area contributed by atoms with E-state index < -0.39 is 0 Å². The highest BCUT2D eigenvalue weighted by atomic mass is 16.7. The smallest absolute Gasteiger partial charge is 0.253 e. The monoisotopic (exact) mass is 338 g/mol. The van der Waals surface area contributed by atoms with Gasteiger partial charge < -0.3 is 14.8 Å². The van der Waals surface area contributed by atoms with Crippen LogP contribution in [0.2, 0.25) is 0 Å². The van der Waals surface area contributed by atoms with Crippen molar-refractivity contribution in [1.82, 2.24) is 20.1 Å². The van der Waals surface area contributed by atoms with Crippen LogP contribution in [-0.4, -0.2) is 27.5 Å². The second kappa shape index (κ2) is 5.77. The normalized spacial score (nSPS) is 13.9. The van der Waals surface area contributed by atoms with Crippen molar-refractivity contribution in [3.8, 4) is 11.5 Å². The zero-order valence-corrected chi connectivity index (χ0v) is 14.2. The molecule has 128 valence electrons. The highest BCUT2D eigenvalue weighted by molar-refractivity contribution is 5.97. The number of nitrogens with one attached hydrogen (secondary N) is 1. The fourth-order valence-corrected chi connectivity index (χ4v) is 2.98. The molecule has 0 fully saturated rings. The summed E-state index contributed by atoms with van der Waals surface area (Å²) in [4.78, 5) is 16.9. The number of nitrogens with zero attached hydrogens (tertiary/aromatic N) is 3. The Balaban J connectivity index is 1.56. The van der Waals surface area contributed by atoms with Gasteiger partial charge >= 0.3 is 0 Å². The Kier molecular flexibility index (Phi) is 3.56. The number of amides is 1. The van der Waals surface area contributed by atoms with Gasteiger partial charge in [0.1, 0.15) is 0 Å². The molecule has 1 N–H and O–H groups in total. The molecule has 0 unspecified atom stereocenters. The number of benzene rings is 1. The number of rotatable bonds is 3. The third-order valence-corrected chi connectivity index (χ3v) is 4.37. The van der Waals surface area contributed by atoms with E-state index in [9.17, 15) is 4.79 Å². The van der Waals surface area contributed by atoms with Gasteiger partial charge in [-0.2, -0.15) is 5.10 Å². The molecular formula is C18H18N4O3. The summed E-state index contributed by atoms with van der Waals surface area (Å²) in [5.41, 5.74) is 3.07. The van der Waals surface area contributed by atoms with Gasteiger partial charge in [-0.05, 0) is 37.6 Å². The molecule has 1 amide bonds. The molecule has 4 rings (SSSR count). The van der Waals surface area contributed by atoms with Crippen LogP contribution in [-0.2, 0) is 7.05 Å². The maximum Gasteiger partial charge on any atom is 0.253 e. The first-order valence-corrected chi connectivity index (χ1v) is 8.02. The predicted molar refractivity (Wildman–Crippen MR) is 91.7 cm³/mol. The fourth-order valence-electron chi connectivity index (χ4n) is 2.98. The zero-order valence-electron chi connectivity index (χ0n) is 14.2. The van der Waals surface area contributed by atoms with Crippen LogP contribution in [0.15, 0.2) is 30.5 Å². The van der Waals surface area contributed by atoms with E-state index in [-0.39, 0.29) is 18.7 Å². The summed E-state index contributed by atoms with van der Waals surface area (Å²) < 4.78 is 12.4. The lowest BCUT2D eigenvalue weighted by atomic mass is 10.1. The summed E-state index contributed by atoms with van der Waals surface area (Å²) in [5, 5.41) is 8.20. The van der Waals surface area contributed by atoms with Crippen molar-refractivity contribution in [2.75, 3.05) is 6.79 Å². The molecule has 0 radical (unpaired) electrons. The molecule has 1 aromatic carbocycles. The van der Waals surface area contributed by atoms with E-state index in [1.165, 1.54) is 0 Å². The van der Waals surface area contributed by atoms with Crippen LogP contribution in [0, 0.1) is 6.92 Å². The molecule has 7 nitrogen and oxygen atoms in total. The Bertz CT molecular complexity index is 980. The maximum absolute atomic E-state index is 12.6. The minimum absolute atomic E-state index is 0.173. The molecule has 25 heavy (non-hydrogen) atoms. The number of aryl methyl sites for hydroxylation is 2. The van der Waals surface area contributed by atoms with E-state index >= 15 is 0 Å². The topological polar surface area (TPSA) is 78.3 Å². The van der Waals surface area contributed by atoms with Gasteiger partial charge in [-0.3, -0.25) is 9.48 Å². The second-order valence-corrected chi connectivity index (χ2v) is 6.11. The van der Waals surface area contributed by atoms with E-state index in [0.29, 0.717) is 11.3 Å². The van der Waals surface area contributed by atoms with E-state index in [4.69, 9.17) is 9.47 Å². The predicted octanol–water partition coefficient (Wildman–Crippen LogP) is 2.50. The Morgan fingerprint density at radius 2 is 2.08 bits per heavy atom. The molecule has 7 heteroatoms. The third-order valence-electron chi connectivity index (χ3n) is 4.37. The molecule has 3 heterocycles. The number of hydrogen-bond donors (Lipinski definition) is 1. The Hall–Kier alpha value is -3.09. The zero-order chi connectivity index (χ0) is 17.6. The number of pyridine rings is 1. The van der Waals surface area contributed by atoms with E-state index in [1.807, 2.05) is 45.2 Å². The van der Waals surface area contributed by atoms with Crippen LogP contribution in [0.1, 0.15) is 34.6 Å². The molecule has 1 aliphatic heterocycles. The van der Waals surface area contributed by atoms with Gasteiger partial charge in [-0.25, -0.2) is 4.98 Å². The van der Waals surface area contributed by atoms with E-state index in [0.717, 1.165) is 28.0 Å². The maximum atomic E-state index is 12.6. The van der Waals surface area contributed by atoms with Gasteiger partial charge in [0.05, 0.1) is 17.3 Å². The molecule has 0 spiro atoms. The van der Waals surface area contributed by atoms with Crippen LogP contribution >= 0.6 is 0 Å². The summed E-state index contributed by atoms with van der Waals surface area (Å²) in [6.07, 6.45) is 1.57. The van der Waals surface area contributed by atoms with Crippen LogP contribution in [0.4, 0.5) is 0 Å². The number of fused-ring (bicyclic) bond motifs is 2. The Morgan fingerprint density at radius 3 is 2.92 bits per heavy atom. The number of aromatic nitrogens is 3. The molecule has 0 saturated carbocycles. The average molecular weight is 338 g/mol. The van der Waals surface area contributed by atoms with E-state index in [2.05, 4.69) is 15.4 Å². The van der Waals surface area contributed by atoms with Crippen molar-refractivity contribution in [3.05, 3.63) is 47.3 Å². The third kappa shape index (κ3) is 2.67. The molecule has 2 aromatic heterocycles. The Labute approximate surface area is 144 Å². The lowest BCUT2D eigenvalue weighted by Gasteiger charge is -2.15. The molecule has 1 aliphatic rings. The first-order chi connectivity index (χ1) is 12.0. The fraction of sp³-hybridized carbons (Fsp3) is 0.278. The second-order valence-electron chi connectivity index (χ2n) is 6.11. The van der Waals surface area contributed by atoms with Gasteiger partial charge in [0, 0.05) is 18.6 Å². The summed E-state index contributed by atoms with van der Waals surface area (Å²) in [6, 6.07) is 7.32. The Morgan fingerprint density at radius 1 is 1.28 bits per heavy atom. The van der Waals surface area contributed by atoms with Crippen LogP contribution in [0.5, 0.6) is 11.5 Å². The van der Waals surface area contributed by atoms with Gasteiger partial charge in [-0.15, -0.1) is 0 Å². The van der Waals surface area contributed by atoms with Crippen molar-refractivity contribution < 1.29 is 14.3 Å². The van der Waals surface area contributed by atoms with Crippen molar-refractivity contribution >= 4 is 16.9 Å². The van der Waals surface area contributed by atoms with Crippen molar-refractivity contribution in [2.45, 2.75) is 19.9 Å². The molecule has 0 bridgehead atoms. The summed E-state index contributed by atoms with van der Waals surface area (Å²) >= 11 is 0. The van der Waals surface area contributed by atoms with Gasteiger partial charge in [0.2, 0.25) is 6.79 Å². The summed E-state index contributed by atoms with van der Waals surface area (Å²) in [7, 11) is 1.84. The van der Waals surface area contributed by atoms with Crippen LogP contribution in [0.3, 0.4) is 0 Å². The van der Waals surface area contributed by atoms with Gasteiger partial charge in [-0.1, -0.05) is 6.07 Å². The summed E-state index contributed by atoms with van der Waals surface area (Å²) in [6.45, 7) is 4.06. The molecular weight excluding hydrogens is 320 g/mol. The number of carbonyl (C=O) groups excluding carboxylic acids is 1. The van der Waals surface area contributed by atoms with Gasteiger partial charge in [0.25, 0.3) is 5.91 Å². The number of carbonyl (C=O) groups is 1. The van der Waals surface area contributed by atoms with E-state index in [1.54, 1.807) is 10.9 Å². The highest BCUT2D eigenvalue weighted by Gasteiger charge is 2.18. The minimum atomic E-state index is -0.178. The van der Waals surface area contributed by atoms with Crippen molar-refractivity contribution in [3.63, 3.8) is 0 Å². The largest absolute Gasteiger partial charge is 0.454 e. The lowest BCUT2D eigenvalue weighted by Crippen LogP contribution is -2.26. The average Bonchev–Trinajstić information content (AvgIpc) is 3.18. The molecule has 0 saturated heterocycles. The molecule has 1 atom stereocenters. The first-order valence-electron chi connectivity index (χ1n) is 8.02. The number of hydrogen-bond acceptors (Lipinski definition) is 5. The SMILES string of the molecule is Cc1nn(C)c2ncc(C(=O)N[C@@H](C)c3ccc4c(c3)OCO4)cc12. The molecule has 0 aliphatic carbocycles. The standard InChI is InChI=1S/C18H18N4O3/c1-10(12-4-5-15-16(7-12)25-9-24-15)20-18(23)13-6-14-11(2)21-22(3)17(14)19-8-13/h4-8,10H,9H2,1-3H3,(H,20,23)/t10-/m0/s1. The quantitative estimate of drug-likeness (QED) is 0.794. The van der Waals surface area contributed by atoms with Crippen molar-refractivity contribution in [1.29, 1.82) is 0 Å². The lowest BCUT2D eigenvalue weighted by molar-refractivity contribution is 0.0939. The van der Waals surface area contributed by atoms with Crippen LogP contribution in [0.25, 0.3) is 11.0 Å². The molecule has 3 aromatic rings. The van der Waals surface area contributed by atoms with Crippen LogP contribution < -0.4 is 14.8 Å². The van der Waals surface area contributed by atoms with Crippen molar-refractivity contribution in [2.24, 2.45) is 7.05 Å². The first kappa shape index (κ1) is 15.4. The highest BCUT2D eigenvalue weighted by Crippen LogP contribution is 2.34. The van der Waals surface area contributed by atoms with Gasteiger partial charge in [0.15, 0.2) is 17.1 Å². The summed E-state index contributed by atoms with van der Waals surface area (Å²) in [5.74, 6) is 1.25. The minimum Gasteiger partial charge on any atom is -0.454 e. The number of ether oxygens (including phenoxy) is 2.